The zero-order valence-corrected chi connectivity index (χ0v) is 19.4. The molecule has 0 aromatic heterocycles. The summed E-state index contributed by atoms with van der Waals surface area (Å²) in [6.45, 7) is 5.03. The zero-order valence-electron chi connectivity index (χ0n) is 18.6. The molecule has 1 heterocycles. The van der Waals surface area contributed by atoms with Gasteiger partial charge in [0.2, 0.25) is 0 Å². The fourth-order valence-electron chi connectivity index (χ4n) is 2.80. The summed E-state index contributed by atoms with van der Waals surface area (Å²) < 4.78 is 33.0. The van der Waals surface area contributed by atoms with Gasteiger partial charge in [0.15, 0.2) is 30.6 Å². The van der Waals surface area contributed by atoms with Gasteiger partial charge in [0.25, 0.3) is 0 Å². The van der Waals surface area contributed by atoms with Crippen LogP contribution >= 0.6 is 11.6 Å². The molecule has 0 radical (unpaired) electrons. The number of likely N-dealkylation sites (N-methyl/N-ethyl adjacent to an activating group) is 1. The lowest BCUT2D eigenvalue weighted by Crippen LogP contribution is -2.63. The predicted molar refractivity (Wildman–Crippen MR) is 106 cm³/mol. The molecule has 0 bridgehead atoms. The van der Waals surface area contributed by atoms with Gasteiger partial charge in [-0.1, -0.05) is 11.6 Å². The van der Waals surface area contributed by atoms with Crippen molar-refractivity contribution in [2.45, 2.75) is 58.4 Å². The Kier molecular flexibility index (Phi) is 10.6. The minimum Gasteiger partial charge on any atom is -0.463 e. The Balaban J connectivity index is 3.21. The molecule has 1 rings (SSSR count). The minimum absolute atomic E-state index is 0.160. The number of quaternary nitrogens is 1. The third-order valence-corrected chi connectivity index (χ3v) is 4.90. The van der Waals surface area contributed by atoms with Crippen LogP contribution in [0.1, 0.15) is 27.7 Å². The smallest absolute Gasteiger partial charge is 0.303 e. The number of hydrogen-bond acceptors (Lipinski definition) is 10. The molecule has 1 fully saturated rings. The van der Waals surface area contributed by atoms with Crippen LogP contribution in [0.4, 0.5) is 0 Å². The molecule has 1 aliphatic rings. The van der Waals surface area contributed by atoms with Gasteiger partial charge in [0, 0.05) is 27.7 Å². The zero-order chi connectivity index (χ0) is 23.8. The van der Waals surface area contributed by atoms with Gasteiger partial charge in [-0.3, -0.25) is 19.2 Å². The summed E-state index contributed by atoms with van der Waals surface area (Å²) in [6.07, 6.45) is -5.91. The minimum atomic E-state index is -1.25. The van der Waals surface area contributed by atoms with Gasteiger partial charge >= 0.3 is 23.9 Å². The van der Waals surface area contributed by atoms with E-state index in [0.717, 1.165) is 13.8 Å². The largest absolute Gasteiger partial charge is 0.463 e. The molecule has 11 nitrogen and oxygen atoms in total. The van der Waals surface area contributed by atoms with Gasteiger partial charge in [-0.05, 0) is 0 Å². The Morgan fingerprint density at radius 1 is 0.839 bits per heavy atom. The molecule has 5 atom stereocenters. The molecular formula is C19H31ClNO10+. The van der Waals surface area contributed by atoms with Crippen molar-refractivity contribution >= 4 is 35.5 Å². The van der Waals surface area contributed by atoms with Crippen molar-refractivity contribution in [1.29, 1.82) is 0 Å². The van der Waals surface area contributed by atoms with Gasteiger partial charge < -0.3 is 32.9 Å². The van der Waals surface area contributed by atoms with Crippen molar-refractivity contribution in [3.63, 3.8) is 0 Å². The molecule has 1 aliphatic heterocycles. The molecule has 0 amide bonds. The van der Waals surface area contributed by atoms with Gasteiger partial charge in [0.05, 0.1) is 20.7 Å². The van der Waals surface area contributed by atoms with Crippen LogP contribution in [0, 0.1) is 0 Å². The van der Waals surface area contributed by atoms with Crippen LogP contribution < -0.4 is 0 Å². The number of ether oxygens (including phenoxy) is 6. The summed E-state index contributed by atoms with van der Waals surface area (Å²) in [5, 5.41) is 0. The van der Waals surface area contributed by atoms with Gasteiger partial charge in [-0.25, -0.2) is 0 Å². The first-order chi connectivity index (χ1) is 14.4. The summed E-state index contributed by atoms with van der Waals surface area (Å²) in [5.74, 6) is -2.67. The van der Waals surface area contributed by atoms with Crippen molar-refractivity contribution < 1.29 is 52.1 Å². The highest BCUT2D eigenvalue weighted by atomic mass is 35.5. The number of carbonyl (C=O) groups is 4. The van der Waals surface area contributed by atoms with E-state index in [1.807, 2.05) is 14.1 Å². The maximum atomic E-state index is 11.8. The van der Waals surface area contributed by atoms with Gasteiger partial charge in [0.1, 0.15) is 19.3 Å². The molecule has 0 aromatic rings. The molecule has 0 aromatic carbocycles. The Bertz CT molecular complexity index is 656. The van der Waals surface area contributed by atoms with Crippen LogP contribution in [0.2, 0.25) is 0 Å². The van der Waals surface area contributed by atoms with E-state index in [1.54, 1.807) is 0 Å². The third-order valence-electron chi connectivity index (χ3n) is 4.25. The second-order valence-electron chi connectivity index (χ2n) is 7.72. The standard InChI is InChI=1S/C19H31ClNO10/c1-11(22)27-9-15-16(28-12(2)23)17(29-13(3)24)18(30-14(4)25)19(31-15)26-8-7-21(5,6)10-20/h15-19H,7-10H2,1-6H3/q+1/t15-,16-,17+,18-,19-/m0/s1. The Labute approximate surface area is 186 Å². The Morgan fingerprint density at radius 2 is 1.35 bits per heavy atom. The van der Waals surface area contributed by atoms with E-state index in [9.17, 15) is 19.2 Å². The molecule has 1 saturated heterocycles. The lowest BCUT2D eigenvalue weighted by molar-refractivity contribution is -0.879. The topological polar surface area (TPSA) is 124 Å². The Morgan fingerprint density at radius 3 is 1.84 bits per heavy atom. The predicted octanol–water partition coefficient (Wildman–Crippen LogP) is 0.359. The number of rotatable bonds is 10. The summed E-state index contributed by atoms with van der Waals surface area (Å²) >= 11 is 5.92. The van der Waals surface area contributed by atoms with E-state index in [4.69, 9.17) is 40.0 Å². The van der Waals surface area contributed by atoms with Crippen molar-refractivity contribution in [1.82, 2.24) is 0 Å². The van der Waals surface area contributed by atoms with Crippen LogP contribution in [-0.2, 0) is 47.6 Å². The first kappa shape index (κ1) is 27.1. The van der Waals surface area contributed by atoms with E-state index < -0.39 is 54.6 Å². The van der Waals surface area contributed by atoms with Gasteiger partial charge in [-0.15, -0.1) is 0 Å². The third kappa shape index (κ3) is 9.38. The molecule has 12 heteroatoms. The van der Waals surface area contributed by atoms with Crippen LogP contribution in [0.3, 0.4) is 0 Å². The number of nitrogens with zero attached hydrogens (tertiary/aromatic N) is 1. The molecule has 0 spiro atoms. The highest BCUT2D eigenvalue weighted by Gasteiger charge is 2.52. The maximum absolute atomic E-state index is 11.8. The number of alkyl halides is 1. The monoisotopic (exact) mass is 468 g/mol. The lowest BCUT2D eigenvalue weighted by atomic mass is 9.98. The first-order valence-corrected chi connectivity index (χ1v) is 10.2. The molecule has 0 aliphatic carbocycles. The van der Waals surface area contributed by atoms with Crippen LogP contribution in [0.25, 0.3) is 0 Å². The van der Waals surface area contributed by atoms with Gasteiger partial charge in [-0.2, -0.15) is 0 Å². The van der Waals surface area contributed by atoms with Crippen molar-refractivity contribution in [3.05, 3.63) is 0 Å². The van der Waals surface area contributed by atoms with E-state index in [-0.39, 0.29) is 13.2 Å². The summed E-state index contributed by atoms with van der Waals surface area (Å²) in [5.41, 5.74) is 0. The molecule has 178 valence electrons. The second-order valence-corrected chi connectivity index (χ2v) is 7.96. The highest BCUT2D eigenvalue weighted by Crippen LogP contribution is 2.30. The normalized spacial score (nSPS) is 26.0. The average Bonchev–Trinajstić information content (AvgIpc) is 2.63. The fraction of sp³-hybridized carbons (Fsp3) is 0.789. The Hall–Kier alpha value is -1.95. The molecule has 0 N–H and O–H groups in total. The van der Waals surface area contributed by atoms with Crippen LogP contribution in [-0.4, -0.2) is 98.9 Å². The molecule has 31 heavy (non-hydrogen) atoms. The molecular weight excluding hydrogens is 438 g/mol. The SMILES string of the molecule is CC(=O)OC[C@@H]1O[C@H](OCC[N+](C)(C)CCl)[C@@H](OC(C)=O)[C@H](OC(C)=O)[C@H]1OC(C)=O. The van der Waals surface area contributed by atoms with E-state index in [1.165, 1.54) is 13.8 Å². The fourth-order valence-corrected chi connectivity index (χ4v) is 2.92. The maximum Gasteiger partial charge on any atom is 0.303 e. The van der Waals surface area contributed by atoms with E-state index in [2.05, 4.69) is 0 Å². The van der Waals surface area contributed by atoms with E-state index >= 15 is 0 Å². The van der Waals surface area contributed by atoms with Crippen molar-refractivity contribution in [2.75, 3.05) is 39.9 Å². The number of esters is 4. The number of halogens is 1. The average molecular weight is 469 g/mol. The highest BCUT2D eigenvalue weighted by molar-refractivity contribution is 6.16. The van der Waals surface area contributed by atoms with E-state index in [0.29, 0.717) is 17.0 Å². The first-order valence-electron chi connectivity index (χ1n) is 9.66. The number of carbonyl (C=O) groups excluding carboxylic acids is 4. The lowest BCUT2D eigenvalue weighted by Gasteiger charge is -2.44. The van der Waals surface area contributed by atoms with Crippen LogP contribution in [0.5, 0.6) is 0 Å². The molecule has 0 unspecified atom stereocenters. The van der Waals surface area contributed by atoms with Crippen LogP contribution in [0.15, 0.2) is 0 Å². The number of hydrogen-bond donors (Lipinski definition) is 0. The second kappa shape index (κ2) is 12.2. The van der Waals surface area contributed by atoms with Crippen molar-refractivity contribution in [3.8, 4) is 0 Å². The summed E-state index contributed by atoms with van der Waals surface area (Å²) in [4.78, 5) is 46.4. The summed E-state index contributed by atoms with van der Waals surface area (Å²) in [6, 6.07) is 0.335. The molecule has 0 saturated carbocycles. The summed E-state index contributed by atoms with van der Waals surface area (Å²) in [7, 11) is 3.78. The quantitative estimate of drug-likeness (QED) is 0.146. The van der Waals surface area contributed by atoms with Crippen molar-refractivity contribution in [2.24, 2.45) is 0 Å².